The number of nitrogens with zero attached hydrogens (tertiary/aromatic N) is 3. The summed E-state index contributed by atoms with van der Waals surface area (Å²) in [7, 11) is 1.75. The molecule has 1 atom stereocenters. The minimum absolute atomic E-state index is 0.401. The minimum Gasteiger partial charge on any atom is -0.479 e. The molecule has 2 N–H and O–H groups in total. The van der Waals surface area contributed by atoms with E-state index < -0.39 is 17.5 Å². The van der Waals surface area contributed by atoms with Crippen molar-refractivity contribution in [3.8, 4) is 0 Å². The van der Waals surface area contributed by atoms with Crippen molar-refractivity contribution in [1.82, 2.24) is 14.7 Å². The molecule has 1 aliphatic heterocycles. The normalized spacial score (nSPS) is 22.5. The number of carboxylic acid groups (broad SMARTS) is 1. The summed E-state index contributed by atoms with van der Waals surface area (Å²) in [4.78, 5) is 25.1. The molecule has 2 amide bonds. The Morgan fingerprint density at radius 2 is 2.32 bits per heavy atom. The Bertz CT molecular complexity index is 499. The van der Waals surface area contributed by atoms with E-state index in [0.29, 0.717) is 31.6 Å². The number of nitrogens with one attached hydrogen (secondary N) is 1. The Labute approximate surface area is 111 Å². The maximum atomic E-state index is 12.2. The van der Waals surface area contributed by atoms with Crippen LogP contribution in [0.4, 0.5) is 10.6 Å². The zero-order valence-corrected chi connectivity index (χ0v) is 11.1. The van der Waals surface area contributed by atoms with Gasteiger partial charge in [-0.3, -0.25) is 10.00 Å². The highest BCUT2D eigenvalue weighted by molar-refractivity contribution is 5.93. The van der Waals surface area contributed by atoms with Gasteiger partial charge in [0, 0.05) is 25.9 Å². The third kappa shape index (κ3) is 2.27. The molecule has 1 fully saturated rings. The van der Waals surface area contributed by atoms with Crippen molar-refractivity contribution in [1.29, 1.82) is 0 Å². The van der Waals surface area contributed by atoms with Crippen LogP contribution in [0.2, 0.25) is 0 Å². The van der Waals surface area contributed by atoms with Crippen LogP contribution in [-0.4, -0.2) is 43.9 Å². The van der Waals surface area contributed by atoms with Gasteiger partial charge in [-0.1, -0.05) is 6.92 Å². The van der Waals surface area contributed by atoms with Crippen LogP contribution in [0.5, 0.6) is 0 Å². The summed E-state index contributed by atoms with van der Waals surface area (Å²) in [6.07, 6.45) is 3.31. The predicted molar refractivity (Wildman–Crippen MR) is 68.8 cm³/mol. The van der Waals surface area contributed by atoms with Crippen LogP contribution >= 0.6 is 0 Å². The van der Waals surface area contributed by atoms with E-state index in [0.717, 1.165) is 0 Å². The van der Waals surface area contributed by atoms with E-state index in [1.807, 2.05) is 0 Å². The van der Waals surface area contributed by atoms with E-state index in [-0.39, 0.29) is 0 Å². The zero-order chi connectivity index (χ0) is 14.0. The molecule has 1 aliphatic rings. The van der Waals surface area contributed by atoms with Crippen molar-refractivity contribution in [2.24, 2.45) is 7.05 Å². The fourth-order valence-corrected chi connectivity index (χ4v) is 2.57. The van der Waals surface area contributed by atoms with Crippen molar-refractivity contribution in [2.75, 3.05) is 11.9 Å². The summed E-state index contributed by atoms with van der Waals surface area (Å²) < 4.78 is 1.57. The van der Waals surface area contributed by atoms with Crippen LogP contribution in [0.25, 0.3) is 0 Å². The molecule has 1 aromatic heterocycles. The molecule has 104 valence electrons. The van der Waals surface area contributed by atoms with Crippen LogP contribution in [0.3, 0.4) is 0 Å². The lowest BCUT2D eigenvalue weighted by atomic mass is 9.93. The van der Waals surface area contributed by atoms with Gasteiger partial charge >= 0.3 is 12.0 Å². The summed E-state index contributed by atoms with van der Waals surface area (Å²) in [5.41, 5.74) is -1.08. The minimum atomic E-state index is -1.08. The Balaban J connectivity index is 2.16. The van der Waals surface area contributed by atoms with E-state index in [1.165, 1.54) is 4.90 Å². The summed E-state index contributed by atoms with van der Waals surface area (Å²) in [6, 6.07) is 1.27. The lowest BCUT2D eigenvalue weighted by Crippen LogP contribution is -2.54. The van der Waals surface area contributed by atoms with Gasteiger partial charge in [-0.25, -0.2) is 9.59 Å². The number of carbonyl (C=O) groups excluding carboxylic acids is 1. The number of rotatable bonds is 3. The number of anilines is 1. The SMILES string of the molecule is CCC1(C(=O)O)CCCN1C(=O)Nc1ccn(C)n1. The van der Waals surface area contributed by atoms with Gasteiger partial charge in [0.2, 0.25) is 0 Å². The first-order chi connectivity index (χ1) is 8.99. The highest BCUT2D eigenvalue weighted by Gasteiger charge is 2.48. The van der Waals surface area contributed by atoms with Gasteiger partial charge in [-0.15, -0.1) is 0 Å². The Morgan fingerprint density at radius 3 is 2.84 bits per heavy atom. The van der Waals surface area contributed by atoms with Crippen molar-refractivity contribution in [3.05, 3.63) is 12.3 Å². The van der Waals surface area contributed by atoms with Gasteiger partial charge in [0.15, 0.2) is 5.82 Å². The standard InChI is InChI=1S/C12H18N4O3/c1-3-12(10(17)18)6-4-7-16(12)11(19)13-9-5-8-15(2)14-9/h5,8H,3-4,6-7H2,1-2H3,(H,17,18)(H,13,14,19). The maximum Gasteiger partial charge on any atom is 0.329 e. The Morgan fingerprint density at radius 1 is 1.58 bits per heavy atom. The van der Waals surface area contributed by atoms with Crippen molar-refractivity contribution in [3.63, 3.8) is 0 Å². The van der Waals surface area contributed by atoms with Crippen molar-refractivity contribution in [2.45, 2.75) is 31.7 Å². The first-order valence-corrected chi connectivity index (χ1v) is 6.31. The fourth-order valence-electron chi connectivity index (χ4n) is 2.57. The number of carboxylic acids is 1. The third-order valence-corrected chi connectivity index (χ3v) is 3.67. The number of urea groups is 1. The number of aromatic nitrogens is 2. The molecular weight excluding hydrogens is 248 g/mol. The van der Waals surface area contributed by atoms with E-state index in [9.17, 15) is 14.7 Å². The van der Waals surface area contributed by atoms with E-state index >= 15 is 0 Å². The van der Waals surface area contributed by atoms with Crippen LogP contribution in [0, 0.1) is 0 Å². The molecule has 0 radical (unpaired) electrons. The summed E-state index contributed by atoms with van der Waals surface area (Å²) in [6.45, 7) is 2.25. The van der Waals surface area contributed by atoms with E-state index in [1.54, 1.807) is 30.9 Å². The fraction of sp³-hybridized carbons (Fsp3) is 0.583. The zero-order valence-electron chi connectivity index (χ0n) is 11.1. The van der Waals surface area contributed by atoms with Crippen LogP contribution < -0.4 is 5.32 Å². The molecule has 0 aliphatic carbocycles. The highest BCUT2D eigenvalue weighted by atomic mass is 16.4. The molecule has 0 bridgehead atoms. The van der Waals surface area contributed by atoms with Gasteiger partial charge in [0.1, 0.15) is 5.54 Å². The van der Waals surface area contributed by atoms with Gasteiger partial charge in [0.05, 0.1) is 0 Å². The largest absolute Gasteiger partial charge is 0.479 e. The van der Waals surface area contributed by atoms with Gasteiger partial charge in [-0.2, -0.15) is 5.10 Å². The van der Waals surface area contributed by atoms with Crippen molar-refractivity contribution < 1.29 is 14.7 Å². The molecule has 0 saturated carbocycles. The van der Waals surface area contributed by atoms with E-state index in [2.05, 4.69) is 10.4 Å². The second-order valence-electron chi connectivity index (χ2n) is 4.75. The number of hydrogen-bond donors (Lipinski definition) is 2. The molecule has 1 aromatic rings. The Kier molecular flexibility index (Phi) is 3.46. The molecule has 0 spiro atoms. The van der Waals surface area contributed by atoms with Gasteiger partial charge in [0.25, 0.3) is 0 Å². The molecule has 7 nitrogen and oxygen atoms in total. The molecule has 0 aromatic carbocycles. The smallest absolute Gasteiger partial charge is 0.329 e. The monoisotopic (exact) mass is 266 g/mol. The molecule has 19 heavy (non-hydrogen) atoms. The average molecular weight is 266 g/mol. The van der Waals surface area contributed by atoms with Crippen LogP contribution in [0.1, 0.15) is 26.2 Å². The lowest BCUT2D eigenvalue weighted by molar-refractivity contribution is -0.148. The summed E-state index contributed by atoms with van der Waals surface area (Å²) in [5.74, 6) is -0.515. The summed E-state index contributed by atoms with van der Waals surface area (Å²) in [5, 5.41) is 16.1. The lowest BCUT2D eigenvalue weighted by Gasteiger charge is -2.33. The number of likely N-dealkylation sites (tertiary alicyclic amines) is 1. The maximum absolute atomic E-state index is 12.2. The number of aryl methyl sites for hydroxylation is 1. The quantitative estimate of drug-likeness (QED) is 0.862. The number of carbonyl (C=O) groups is 2. The molecule has 2 rings (SSSR count). The first kappa shape index (κ1) is 13.4. The second kappa shape index (κ2) is 4.91. The second-order valence-corrected chi connectivity index (χ2v) is 4.75. The number of aliphatic carboxylic acids is 1. The average Bonchev–Trinajstić information content (AvgIpc) is 2.95. The first-order valence-electron chi connectivity index (χ1n) is 6.31. The van der Waals surface area contributed by atoms with E-state index in [4.69, 9.17) is 0 Å². The van der Waals surface area contributed by atoms with Gasteiger partial charge < -0.3 is 10.0 Å². The Hall–Kier alpha value is -2.05. The highest BCUT2D eigenvalue weighted by Crippen LogP contribution is 2.33. The molecule has 1 unspecified atom stereocenters. The van der Waals surface area contributed by atoms with Crippen molar-refractivity contribution >= 4 is 17.8 Å². The van der Waals surface area contributed by atoms with Gasteiger partial charge in [-0.05, 0) is 19.3 Å². The molecule has 7 heteroatoms. The number of hydrogen-bond acceptors (Lipinski definition) is 3. The predicted octanol–water partition coefficient (Wildman–Crippen LogP) is 1.28. The van der Waals surface area contributed by atoms with Crippen LogP contribution in [-0.2, 0) is 11.8 Å². The molecule has 1 saturated heterocycles. The van der Waals surface area contributed by atoms with Crippen LogP contribution in [0.15, 0.2) is 12.3 Å². The number of amides is 2. The summed E-state index contributed by atoms with van der Waals surface area (Å²) >= 11 is 0. The molecular formula is C12H18N4O3. The molecule has 2 heterocycles. The third-order valence-electron chi connectivity index (χ3n) is 3.67. The topological polar surface area (TPSA) is 87.5 Å².